The van der Waals surface area contributed by atoms with Crippen molar-refractivity contribution in [3.63, 3.8) is 0 Å². The van der Waals surface area contributed by atoms with Gasteiger partial charge >= 0.3 is 0 Å². The average Bonchev–Trinajstić information content (AvgIpc) is 2.81. The number of nitrogens with zero attached hydrogens (tertiary/aromatic N) is 2. The highest BCUT2D eigenvalue weighted by Crippen LogP contribution is 2.25. The van der Waals surface area contributed by atoms with Crippen molar-refractivity contribution in [2.75, 3.05) is 5.88 Å². The first-order valence-electron chi connectivity index (χ1n) is 7.05. The van der Waals surface area contributed by atoms with Crippen molar-refractivity contribution >= 4 is 17.5 Å². The summed E-state index contributed by atoms with van der Waals surface area (Å²) in [6, 6.07) is 2.14. The van der Waals surface area contributed by atoms with E-state index in [1.165, 1.54) is 0 Å². The maximum Gasteiger partial charge on any atom is 0.269 e. The summed E-state index contributed by atoms with van der Waals surface area (Å²) < 4.78 is 1.76. The van der Waals surface area contributed by atoms with E-state index in [0.717, 1.165) is 43.8 Å². The van der Waals surface area contributed by atoms with Gasteiger partial charge in [-0.3, -0.25) is 9.48 Å². The Balaban J connectivity index is 1.94. The quantitative estimate of drug-likeness (QED) is 0.864. The van der Waals surface area contributed by atoms with Gasteiger partial charge in [-0.1, -0.05) is 0 Å². The predicted molar refractivity (Wildman–Crippen MR) is 76.6 cm³/mol. The van der Waals surface area contributed by atoms with Gasteiger partial charge in [-0.25, -0.2) is 0 Å². The largest absolute Gasteiger partial charge is 0.348 e. The van der Waals surface area contributed by atoms with Crippen LogP contribution < -0.4 is 5.32 Å². The van der Waals surface area contributed by atoms with Crippen LogP contribution >= 0.6 is 11.6 Å². The molecule has 0 bridgehead atoms. The molecule has 1 aliphatic rings. The van der Waals surface area contributed by atoms with Gasteiger partial charge in [0, 0.05) is 18.5 Å². The standard InChI is InChI=1S/C14H22ClN3O/c1-3-18-13(8-10(2)17-18)14(19)16-12-6-4-11(9-15)5-7-12/h8,11-12H,3-7,9H2,1-2H3,(H,16,19). The summed E-state index contributed by atoms with van der Waals surface area (Å²) >= 11 is 5.87. The van der Waals surface area contributed by atoms with E-state index < -0.39 is 0 Å². The Labute approximate surface area is 119 Å². The summed E-state index contributed by atoms with van der Waals surface area (Å²) in [6.07, 6.45) is 4.28. The zero-order chi connectivity index (χ0) is 13.8. The first-order chi connectivity index (χ1) is 9.13. The van der Waals surface area contributed by atoms with E-state index >= 15 is 0 Å². The molecule has 1 fully saturated rings. The molecule has 1 aliphatic carbocycles. The number of hydrogen-bond acceptors (Lipinski definition) is 2. The van der Waals surface area contributed by atoms with Crippen molar-refractivity contribution in [1.82, 2.24) is 15.1 Å². The van der Waals surface area contributed by atoms with Gasteiger partial charge in [0.25, 0.3) is 5.91 Å². The molecule has 0 saturated heterocycles. The van der Waals surface area contributed by atoms with E-state index in [1.807, 2.05) is 19.9 Å². The number of rotatable bonds is 4. The summed E-state index contributed by atoms with van der Waals surface area (Å²) in [6.45, 7) is 4.62. The predicted octanol–water partition coefficient (Wildman–Crippen LogP) is 2.74. The van der Waals surface area contributed by atoms with E-state index in [0.29, 0.717) is 11.6 Å². The topological polar surface area (TPSA) is 46.9 Å². The molecule has 0 spiro atoms. The van der Waals surface area contributed by atoms with Gasteiger partial charge in [-0.05, 0) is 51.5 Å². The molecule has 1 aromatic heterocycles. The second-order valence-electron chi connectivity index (χ2n) is 5.33. The van der Waals surface area contributed by atoms with Crippen LogP contribution in [0.5, 0.6) is 0 Å². The van der Waals surface area contributed by atoms with E-state index in [1.54, 1.807) is 4.68 Å². The lowest BCUT2D eigenvalue weighted by Gasteiger charge is -2.27. The van der Waals surface area contributed by atoms with Gasteiger partial charge in [0.2, 0.25) is 0 Å². The molecule has 0 unspecified atom stereocenters. The van der Waals surface area contributed by atoms with Crippen molar-refractivity contribution in [2.45, 2.75) is 52.1 Å². The normalized spacial score (nSPS) is 23.3. The van der Waals surface area contributed by atoms with Crippen molar-refractivity contribution in [3.8, 4) is 0 Å². The van der Waals surface area contributed by atoms with E-state index in [-0.39, 0.29) is 11.9 Å². The summed E-state index contributed by atoms with van der Waals surface area (Å²) in [5.74, 6) is 1.36. The number of halogens is 1. The number of carbonyl (C=O) groups is 1. The lowest BCUT2D eigenvalue weighted by atomic mass is 9.87. The molecule has 1 aromatic rings. The highest BCUT2D eigenvalue weighted by Gasteiger charge is 2.23. The second-order valence-corrected chi connectivity index (χ2v) is 5.64. The fraction of sp³-hybridized carbons (Fsp3) is 0.714. The molecule has 5 heteroatoms. The molecule has 0 atom stereocenters. The summed E-state index contributed by atoms with van der Waals surface area (Å²) in [7, 11) is 0. The van der Waals surface area contributed by atoms with Crippen LogP contribution in [0.4, 0.5) is 0 Å². The first kappa shape index (κ1) is 14.4. The fourth-order valence-corrected chi connectivity index (χ4v) is 3.00. The Bertz CT molecular complexity index is 436. The third-order valence-corrected chi connectivity index (χ3v) is 4.27. The van der Waals surface area contributed by atoms with E-state index in [2.05, 4.69) is 10.4 Å². The molecule has 0 radical (unpaired) electrons. The Hall–Kier alpha value is -1.03. The Kier molecular flexibility index (Phi) is 4.86. The number of nitrogens with one attached hydrogen (secondary N) is 1. The smallest absolute Gasteiger partial charge is 0.269 e. The molecule has 106 valence electrons. The highest BCUT2D eigenvalue weighted by atomic mass is 35.5. The third kappa shape index (κ3) is 3.50. The maximum atomic E-state index is 12.3. The minimum atomic E-state index is -0.00299. The fourth-order valence-electron chi connectivity index (χ4n) is 2.69. The van der Waals surface area contributed by atoms with E-state index in [9.17, 15) is 4.79 Å². The minimum Gasteiger partial charge on any atom is -0.348 e. The Morgan fingerprint density at radius 2 is 2.16 bits per heavy atom. The Morgan fingerprint density at radius 1 is 1.47 bits per heavy atom. The van der Waals surface area contributed by atoms with Gasteiger partial charge in [0.05, 0.1) is 5.69 Å². The van der Waals surface area contributed by atoms with Crippen molar-refractivity contribution in [2.24, 2.45) is 5.92 Å². The van der Waals surface area contributed by atoms with Gasteiger partial charge in [-0.2, -0.15) is 5.10 Å². The Morgan fingerprint density at radius 3 is 2.74 bits per heavy atom. The minimum absolute atomic E-state index is 0.00299. The van der Waals surface area contributed by atoms with Crippen molar-refractivity contribution in [3.05, 3.63) is 17.5 Å². The molecule has 4 nitrogen and oxygen atoms in total. The summed E-state index contributed by atoms with van der Waals surface area (Å²) in [5.41, 5.74) is 1.55. The molecule has 0 aromatic carbocycles. The molecule has 1 saturated carbocycles. The van der Waals surface area contributed by atoms with Crippen molar-refractivity contribution < 1.29 is 4.79 Å². The molecule has 2 rings (SSSR count). The second kappa shape index (κ2) is 6.42. The van der Waals surface area contributed by atoms with Crippen LogP contribution in [0.15, 0.2) is 6.07 Å². The lowest BCUT2D eigenvalue weighted by Crippen LogP contribution is -2.38. The molecule has 1 amide bonds. The van der Waals surface area contributed by atoms with Crippen LogP contribution in [0, 0.1) is 12.8 Å². The van der Waals surface area contributed by atoms with Crippen LogP contribution in [0.1, 0.15) is 48.8 Å². The van der Waals surface area contributed by atoms with Crippen LogP contribution in [-0.2, 0) is 6.54 Å². The SMILES string of the molecule is CCn1nc(C)cc1C(=O)NC1CCC(CCl)CC1. The maximum absolute atomic E-state index is 12.3. The number of alkyl halides is 1. The molecule has 1 heterocycles. The van der Waals surface area contributed by atoms with Crippen molar-refractivity contribution in [1.29, 1.82) is 0 Å². The monoisotopic (exact) mass is 283 g/mol. The number of aromatic nitrogens is 2. The van der Waals surface area contributed by atoms with Crippen LogP contribution in [0.3, 0.4) is 0 Å². The molecule has 1 N–H and O–H groups in total. The summed E-state index contributed by atoms with van der Waals surface area (Å²) in [5, 5.41) is 7.43. The molecule has 0 aliphatic heterocycles. The molecule has 19 heavy (non-hydrogen) atoms. The zero-order valence-electron chi connectivity index (χ0n) is 11.7. The van der Waals surface area contributed by atoms with Crippen LogP contribution in [0.2, 0.25) is 0 Å². The number of amides is 1. The highest BCUT2D eigenvalue weighted by molar-refractivity contribution is 6.18. The molecular weight excluding hydrogens is 262 g/mol. The number of aryl methyl sites for hydroxylation is 2. The lowest BCUT2D eigenvalue weighted by molar-refractivity contribution is 0.0912. The first-order valence-corrected chi connectivity index (χ1v) is 7.58. The number of carbonyl (C=O) groups excluding carboxylic acids is 1. The molecular formula is C14H22ClN3O. The van der Waals surface area contributed by atoms with Gasteiger partial charge in [0.1, 0.15) is 5.69 Å². The third-order valence-electron chi connectivity index (χ3n) is 3.83. The zero-order valence-corrected chi connectivity index (χ0v) is 12.4. The van der Waals surface area contributed by atoms with Gasteiger partial charge < -0.3 is 5.32 Å². The van der Waals surface area contributed by atoms with Gasteiger partial charge in [0.15, 0.2) is 0 Å². The summed E-state index contributed by atoms with van der Waals surface area (Å²) in [4.78, 5) is 12.3. The number of hydrogen-bond donors (Lipinski definition) is 1. The van der Waals surface area contributed by atoms with Crippen LogP contribution in [-0.4, -0.2) is 27.6 Å². The van der Waals surface area contributed by atoms with Crippen LogP contribution in [0.25, 0.3) is 0 Å². The van der Waals surface area contributed by atoms with E-state index in [4.69, 9.17) is 11.6 Å². The average molecular weight is 284 g/mol. The van der Waals surface area contributed by atoms with Gasteiger partial charge in [-0.15, -0.1) is 11.6 Å².